The van der Waals surface area contributed by atoms with Crippen LogP contribution in [0.15, 0.2) is 65.4 Å². The molecule has 0 unspecified atom stereocenters. The van der Waals surface area contributed by atoms with Gasteiger partial charge in [0.2, 0.25) is 5.88 Å². The molecule has 3 rings (SSSR count). The normalized spacial score (nSPS) is 10.2. The third-order valence-corrected chi connectivity index (χ3v) is 3.70. The highest BCUT2D eigenvalue weighted by Crippen LogP contribution is 2.18. The van der Waals surface area contributed by atoms with Gasteiger partial charge in [0.25, 0.3) is 5.91 Å². The molecule has 0 aliphatic heterocycles. The van der Waals surface area contributed by atoms with Gasteiger partial charge in [-0.1, -0.05) is 0 Å². The monoisotopic (exact) mass is 380 g/mol. The summed E-state index contributed by atoms with van der Waals surface area (Å²) >= 11 is 0. The summed E-state index contributed by atoms with van der Waals surface area (Å²) in [5, 5.41) is 8.18. The summed E-state index contributed by atoms with van der Waals surface area (Å²) in [7, 11) is 0. The van der Waals surface area contributed by atoms with E-state index in [1.807, 2.05) is 6.92 Å². The Kier molecular flexibility index (Phi) is 6.25. The number of urea groups is 1. The number of anilines is 2. The summed E-state index contributed by atoms with van der Waals surface area (Å²) in [6.45, 7) is 2.53. The number of aromatic nitrogens is 1. The standard InChI is InChI=1S/C20H20N4O4/c1-2-27-19-17(6-3-11-21-19)18(25)23-14-7-9-15(10-8-14)24-20(26)22-13-16-5-4-12-28-16/h3-12H,2,13H2,1H3,(H,23,25)(H2,22,24,26). The fourth-order valence-electron chi connectivity index (χ4n) is 2.41. The van der Waals surface area contributed by atoms with Gasteiger partial charge in [-0.05, 0) is 55.5 Å². The molecule has 8 nitrogen and oxygen atoms in total. The summed E-state index contributed by atoms with van der Waals surface area (Å²) in [6.07, 6.45) is 3.12. The number of nitrogens with one attached hydrogen (secondary N) is 3. The molecule has 2 aromatic heterocycles. The molecule has 3 N–H and O–H groups in total. The van der Waals surface area contributed by atoms with Crippen LogP contribution in [0.2, 0.25) is 0 Å². The molecular weight excluding hydrogens is 360 g/mol. The van der Waals surface area contributed by atoms with E-state index < -0.39 is 0 Å². The van der Waals surface area contributed by atoms with Crippen molar-refractivity contribution in [1.29, 1.82) is 0 Å². The van der Waals surface area contributed by atoms with Crippen molar-refractivity contribution in [3.05, 3.63) is 72.3 Å². The number of amides is 3. The minimum absolute atomic E-state index is 0.286. The number of pyridine rings is 1. The zero-order valence-corrected chi connectivity index (χ0v) is 15.3. The maximum absolute atomic E-state index is 12.5. The lowest BCUT2D eigenvalue weighted by Crippen LogP contribution is -2.27. The molecule has 0 radical (unpaired) electrons. The van der Waals surface area contributed by atoms with Crippen molar-refractivity contribution in [3.8, 4) is 5.88 Å². The van der Waals surface area contributed by atoms with Gasteiger partial charge < -0.3 is 25.1 Å². The van der Waals surface area contributed by atoms with Crippen LogP contribution in [0.4, 0.5) is 16.2 Å². The first-order chi connectivity index (χ1) is 13.7. The topological polar surface area (TPSA) is 105 Å². The SMILES string of the molecule is CCOc1ncccc1C(=O)Nc1ccc(NC(=O)NCc2ccco2)cc1. The van der Waals surface area contributed by atoms with Gasteiger partial charge in [-0.2, -0.15) is 0 Å². The van der Waals surface area contributed by atoms with Crippen LogP contribution in [-0.4, -0.2) is 23.5 Å². The third kappa shape index (κ3) is 5.10. The summed E-state index contributed by atoms with van der Waals surface area (Å²) in [5.41, 5.74) is 1.52. The Morgan fingerprint density at radius 2 is 1.79 bits per heavy atom. The molecule has 0 bridgehead atoms. The van der Waals surface area contributed by atoms with Crippen LogP contribution in [0.3, 0.4) is 0 Å². The van der Waals surface area contributed by atoms with E-state index in [0.717, 1.165) is 0 Å². The van der Waals surface area contributed by atoms with Gasteiger partial charge in [0.05, 0.1) is 19.4 Å². The van der Waals surface area contributed by atoms with Crippen LogP contribution in [0.1, 0.15) is 23.0 Å². The van der Waals surface area contributed by atoms with Gasteiger partial charge in [-0.15, -0.1) is 0 Å². The van der Waals surface area contributed by atoms with Gasteiger partial charge >= 0.3 is 6.03 Å². The Bertz CT molecular complexity index is 924. The fraction of sp³-hybridized carbons (Fsp3) is 0.150. The Labute approximate surface area is 161 Å². The summed E-state index contributed by atoms with van der Waals surface area (Å²) < 4.78 is 10.5. The van der Waals surface area contributed by atoms with E-state index in [2.05, 4.69) is 20.9 Å². The largest absolute Gasteiger partial charge is 0.477 e. The van der Waals surface area contributed by atoms with Crippen LogP contribution in [0.5, 0.6) is 5.88 Å². The van der Waals surface area contributed by atoms with Crippen molar-refractivity contribution < 1.29 is 18.7 Å². The van der Waals surface area contributed by atoms with Gasteiger partial charge in [0.1, 0.15) is 11.3 Å². The zero-order chi connectivity index (χ0) is 19.8. The average molecular weight is 380 g/mol. The molecule has 3 amide bonds. The summed E-state index contributed by atoms with van der Waals surface area (Å²) in [6, 6.07) is 13.3. The maximum Gasteiger partial charge on any atom is 0.319 e. The molecule has 0 atom stereocenters. The fourth-order valence-corrected chi connectivity index (χ4v) is 2.41. The van der Waals surface area contributed by atoms with E-state index in [9.17, 15) is 9.59 Å². The van der Waals surface area contributed by atoms with E-state index in [0.29, 0.717) is 35.9 Å². The molecule has 0 spiro atoms. The van der Waals surface area contributed by atoms with E-state index in [4.69, 9.17) is 9.15 Å². The first kappa shape index (κ1) is 19.0. The lowest BCUT2D eigenvalue weighted by Gasteiger charge is -2.10. The second-order valence-electron chi connectivity index (χ2n) is 5.71. The van der Waals surface area contributed by atoms with Gasteiger partial charge in [0.15, 0.2) is 0 Å². The number of ether oxygens (including phenoxy) is 1. The van der Waals surface area contributed by atoms with Crippen LogP contribution >= 0.6 is 0 Å². The highest BCUT2D eigenvalue weighted by atomic mass is 16.5. The number of carbonyl (C=O) groups is 2. The molecule has 0 saturated carbocycles. The highest BCUT2D eigenvalue weighted by molar-refractivity contribution is 6.05. The number of carbonyl (C=O) groups excluding carboxylic acids is 2. The molecular formula is C20H20N4O4. The lowest BCUT2D eigenvalue weighted by molar-refractivity contribution is 0.102. The molecule has 2 heterocycles. The van der Waals surface area contributed by atoms with Gasteiger partial charge in [-0.25, -0.2) is 9.78 Å². The summed E-state index contributed by atoms with van der Waals surface area (Å²) in [4.78, 5) is 28.4. The Balaban J connectivity index is 1.55. The molecule has 8 heteroatoms. The molecule has 1 aromatic carbocycles. The Hall–Kier alpha value is -3.81. The first-order valence-corrected chi connectivity index (χ1v) is 8.72. The second kappa shape index (κ2) is 9.22. The van der Waals surface area contributed by atoms with Crippen molar-refractivity contribution >= 4 is 23.3 Å². The molecule has 3 aromatic rings. The van der Waals surface area contributed by atoms with E-state index >= 15 is 0 Å². The summed E-state index contributed by atoms with van der Waals surface area (Å²) in [5.74, 6) is 0.623. The van der Waals surface area contributed by atoms with Gasteiger partial charge in [0, 0.05) is 17.6 Å². The molecule has 0 aliphatic carbocycles. The molecule has 28 heavy (non-hydrogen) atoms. The number of hydrogen-bond acceptors (Lipinski definition) is 5. The average Bonchev–Trinajstić information content (AvgIpc) is 3.22. The quantitative estimate of drug-likeness (QED) is 0.580. The van der Waals surface area contributed by atoms with Gasteiger partial charge in [-0.3, -0.25) is 4.79 Å². The number of rotatable bonds is 7. The highest BCUT2D eigenvalue weighted by Gasteiger charge is 2.13. The predicted molar refractivity (Wildman–Crippen MR) is 104 cm³/mol. The zero-order valence-electron chi connectivity index (χ0n) is 15.3. The lowest BCUT2D eigenvalue weighted by atomic mass is 10.2. The third-order valence-electron chi connectivity index (χ3n) is 3.70. The number of benzene rings is 1. The number of furan rings is 1. The van der Waals surface area contributed by atoms with Crippen molar-refractivity contribution in [2.24, 2.45) is 0 Å². The minimum atomic E-state index is -0.357. The second-order valence-corrected chi connectivity index (χ2v) is 5.71. The van der Waals surface area contributed by atoms with Crippen LogP contribution in [-0.2, 0) is 6.54 Å². The van der Waals surface area contributed by atoms with E-state index in [1.165, 1.54) is 0 Å². The van der Waals surface area contributed by atoms with Crippen LogP contribution in [0, 0.1) is 0 Å². The smallest absolute Gasteiger partial charge is 0.319 e. The first-order valence-electron chi connectivity index (χ1n) is 8.72. The Morgan fingerprint density at radius 3 is 2.46 bits per heavy atom. The molecule has 0 aliphatic rings. The van der Waals surface area contributed by atoms with E-state index in [-0.39, 0.29) is 17.8 Å². The minimum Gasteiger partial charge on any atom is -0.477 e. The van der Waals surface area contributed by atoms with Crippen LogP contribution < -0.4 is 20.7 Å². The molecule has 144 valence electrons. The van der Waals surface area contributed by atoms with Crippen molar-refractivity contribution in [1.82, 2.24) is 10.3 Å². The number of hydrogen-bond donors (Lipinski definition) is 3. The molecule has 0 fully saturated rings. The maximum atomic E-state index is 12.5. The predicted octanol–water partition coefficient (Wildman–Crippen LogP) is 3.65. The van der Waals surface area contributed by atoms with Crippen molar-refractivity contribution in [2.75, 3.05) is 17.2 Å². The Morgan fingerprint density at radius 1 is 1.04 bits per heavy atom. The molecule has 0 saturated heterocycles. The van der Waals surface area contributed by atoms with Crippen molar-refractivity contribution in [2.45, 2.75) is 13.5 Å². The van der Waals surface area contributed by atoms with Crippen LogP contribution in [0.25, 0.3) is 0 Å². The number of nitrogens with zero attached hydrogens (tertiary/aromatic N) is 1. The van der Waals surface area contributed by atoms with Crippen molar-refractivity contribution in [3.63, 3.8) is 0 Å². The van der Waals surface area contributed by atoms with E-state index in [1.54, 1.807) is 61.0 Å².